The number of unbranched alkanes of at least 4 members (excludes halogenated alkanes) is 1. The highest BCUT2D eigenvalue weighted by Gasteiger charge is 2.21. The molecule has 0 aliphatic carbocycles. The van der Waals surface area contributed by atoms with Crippen molar-refractivity contribution in [3.63, 3.8) is 0 Å². The van der Waals surface area contributed by atoms with E-state index in [0.717, 1.165) is 76.6 Å². The third kappa shape index (κ3) is 16.1. The summed E-state index contributed by atoms with van der Waals surface area (Å²) in [5.41, 5.74) is 16.8. The molecule has 1 fully saturated rings. The standard InChI is InChI=1S/C22H29N3.C21H31NOS.C2H6/c1-6-9-10-20(19-13-11-18(15-23)12-14-19)21(17(5)25-8-3)22(24)16(4)7-2;1-5-16(2)13-22-21(19-9-7-6-8-10-19)17(3)14-24-15-20-12-11-18(4)23-20;1-2/h8,10-14H,6-7,9,24H2,1-5H3;6-10,13,16,18,20H,5,11-12,14-15H2,1-4H3;1-2H3/b20-10-,21-17-,22-16-,25-8?;21-17+,22-13?;. The number of nitrogens with zero attached hydrogens (tertiary/aromatic N) is 3. The minimum absolute atomic E-state index is 0.432. The fourth-order valence-corrected chi connectivity index (χ4v) is 6.40. The number of thioether (sulfide) groups is 1. The Balaban J connectivity index is 0.000000487. The molecule has 1 aliphatic heterocycles. The molecular formula is C45H66N4OS. The maximum Gasteiger partial charge on any atom is 0.0991 e. The van der Waals surface area contributed by atoms with Crippen molar-refractivity contribution in [3.8, 4) is 6.07 Å². The molecule has 3 rings (SSSR count). The van der Waals surface area contributed by atoms with Gasteiger partial charge >= 0.3 is 0 Å². The molecule has 5 nitrogen and oxygen atoms in total. The van der Waals surface area contributed by atoms with Crippen LogP contribution in [0.15, 0.2) is 98.8 Å². The lowest BCUT2D eigenvalue weighted by Gasteiger charge is -2.18. The number of aliphatic imine (C=N–C) groups is 2. The summed E-state index contributed by atoms with van der Waals surface area (Å²) < 4.78 is 5.92. The fraction of sp³-hybridized carbons (Fsp3) is 0.489. The molecule has 0 radical (unpaired) electrons. The zero-order valence-electron chi connectivity index (χ0n) is 33.6. The monoisotopic (exact) mass is 710 g/mol. The Morgan fingerprint density at radius 2 is 1.65 bits per heavy atom. The van der Waals surface area contributed by atoms with Gasteiger partial charge in [-0.15, -0.1) is 0 Å². The van der Waals surface area contributed by atoms with Crippen molar-refractivity contribution in [2.24, 2.45) is 21.6 Å². The molecule has 278 valence electrons. The Kier molecular flexibility index (Phi) is 23.3. The molecule has 0 bridgehead atoms. The fourth-order valence-electron chi connectivity index (χ4n) is 5.33. The lowest BCUT2D eigenvalue weighted by Crippen LogP contribution is -2.11. The number of rotatable bonds is 15. The van der Waals surface area contributed by atoms with Crippen LogP contribution in [0.4, 0.5) is 0 Å². The van der Waals surface area contributed by atoms with E-state index >= 15 is 0 Å². The molecule has 3 atom stereocenters. The van der Waals surface area contributed by atoms with E-state index in [1.165, 1.54) is 24.0 Å². The lowest BCUT2D eigenvalue weighted by molar-refractivity contribution is 0.0700. The van der Waals surface area contributed by atoms with Crippen molar-refractivity contribution in [1.29, 1.82) is 5.26 Å². The van der Waals surface area contributed by atoms with Gasteiger partial charge in [-0.1, -0.05) is 96.5 Å². The summed E-state index contributed by atoms with van der Waals surface area (Å²) in [7, 11) is 0. The number of hydrogen-bond acceptors (Lipinski definition) is 6. The van der Waals surface area contributed by atoms with Crippen molar-refractivity contribution in [1.82, 2.24) is 0 Å². The zero-order chi connectivity index (χ0) is 38.2. The largest absolute Gasteiger partial charge is 0.398 e. The van der Waals surface area contributed by atoms with E-state index in [2.05, 4.69) is 102 Å². The van der Waals surface area contributed by atoms with Crippen molar-refractivity contribution in [3.05, 3.63) is 105 Å². The third-order valence-electron chi connectivity index (χ3n) is 8.67. The Morgan fingerprint density at radius 1 is 0.980 bits per heavy atom. The van der Waals surface area contributed by atoms with Crippen molar-refractivity contribution in [2.45, 2.75) is 127 Å². The third-order valence-corrected chi connectivity index (χ3v) is 9.92. The Hall–Kier alpha value is -3.66. The molecule has 2 aromatic carbocycles. The number of nitriles is 1. The molecule has 6 heteroatoms. The molecule has 2 N–H and O–H groups in total. The minimum Gasteiger partial charge on any atom is -0.398 e. The van der Waals surface area contributed by atoms with Gasteiger partial charge in [-0.2, -0.15) is 17.0 Å². The highest BCUT2D eigenvalue weighted by Crippen LogP contribution is 2.33. The van der Waals surface area contributed by atoms with Gasteiger partial charge in [0.1, 0.15) is 0 Å². The van der Waals surface area contributed by atoms with Crippen LogP contribution in [0, 0.1) is 17.2 Å². The molecule has 1 heterocycles. The first-order chi connectivity index (χ1) is 24.6. The summed E-state index contributed by atoms with van der Waals surface area (Å²) in [6, 6.07) is 20.4. The molecule has 0 spiro atoms. The smallest absolute Gasteiger partial charge is 0.0991 e. The first-order valence-electron chi connectivity index (χ1n) is 19.0. The molecule has 0 aromatic heterocycles. The van der Waals surface area contributed by atoms with Gasteiger partial charge in [0, 0.05) is 46.5 Å². The van der Waals surface area contributed by atoms with E-state index in [-0.39, 0.29) is 0 Å². The Bertz CT molecular complexity index is 1520. The summed E-state index contributed by atoms with van der Waals surface area (Å²) in [5, 5.41) is 9.05. The van der Waals surface area contributed by atoms with E-state index in [0.29, 0.717) is 23.7 Å². The van der Waals surface area contributed by atoms with Crippen molar-refractivity contribution in [2.75, 3.05) is 11.5 Å². The molecule has 0 amide bonds. The molecule has 0 saturated carbocycles. The molecule has 1 saturated heterocycles. The highest BCUT2D eigenvalue weighted by atomic mass is 32.2. The van der Waals surface area contributed by atoms with Crippen LogP contribution < -0.4 is 5.73 Å². The minimum atomic E-state index is 0.432. The molecule has 2 aromatic rings. The van der Waals surface area contributed by atoms with E-state index in [4.69, 9.17) is 20.7 Å². The molecule has 3 unspecified atom stereocenters. The van der Waals surface area contributed by atoms with Gasteiger partial charge in [-0.05, 0) is 107 Å². The van der Waals surface area contributed by atoms with Crippen molar-refractivity contribution >= 4 is 35.5 Å². The maximum atomic E-state index is 9.05. The second-order valence-electron chi connectivity index (χ2n) is 12.8. The van der Waals surface area contributed by atoms with E-state index in [9.17, 15) is 0 Å². The number of nitrogens with two attached hydrogens (primary N) is 1. The van der Waals surface area contributed by atoms with Gasteiger partial charge in [0.15, 0.2) is 0 Å². The van der Waals surface area contributed by atoms with Gasteiger partial charge in [0.2, 0.25) is 0 Å². The lowest BCUT2D eigenvalue weighted by atomic mass is 9.90. The Labute approximate surface area is 316 Å². The summed E-state index contributed by atoms with van der Waals surface area (Å²) in [5.74, 6) is 2.60. The van der Waals surface area contributed by atoms with Crippen LogP contribution in [0.2, 0.25) is 0 Å². The van der Waals surface area contributed by atoms with Gasteiger partial charge < -0.3 is 10.5 Å². The second kappa shape index (κ2) is 26.2. The van der Waals surface area contributed by atoms with Crippen LogP contribution in [-0.2, 0) is 4.74 Å². The first kappa shape index (κ1) is 45.4. The van der Waals surface area contributed by atoms with E-state index in [1.54, 1.807) is 6.21 Å². The van der Waals surface area contributed by atoms with Crippen LogP contribution >= 0.6 is 11.8 Å². The number of hydrogen-bond donors (Lipinski definition) is 1. The number of ether oxygens (including phenoxy) is 1. The van der Waals surface area contributed by atoms with Crippen LogP contribution in [-0.4, -0.2) is 36.1 Å². The van der Waals surface area contributed by atoms with Crippen molar-refractivity contribution < 1.29 is 4.74 Å². The van der Waals surface area contributed by atoms with E-state index < -0.39 is 0 Å². The first-order valence-corrected chi connectivity index (χ1v) is 20.1. The predicted molar refractivity (Wildman–Crippen MR) is 227 cm³/mol. The van der Waals surface area contributed by atoms with Crippen LogP contribution in [0.5, 0.6) is 0 Å². The van der Waals surface area contributed by atoms with Crippen LogP contribution in [0.25, 0.3) is 11.3 Å². The number of benzene rings is 2. The van der Waals surface area contributed by atoms with Crippen LogP contribution in [0.3, 0.4) is 0 Å². The van der Waals surface area contributed by atoms with E-state index in [1.807, 2.05) is 63.7 Å². The second-order valence-corrected chi connectivity index (χ2v) is 13.8. The van der Waals surface area contributed by atoms with Crippen LogP contribution in [0.1, 0.15) is 131 Å². The topological polar surface area (TPSA) is 83.8 Å². The maximum absolute atomic E-state index is 9.05. The molecular weight excluding hydrogens is 645 g/mol. The Morgan fingerprint density at radius 3 is 2.18 bits per heavy atom. The normalized spacial score (nSPS) is 18.1. The summed E-state index contributed by atoms with van der Waals surface area (Å²) in [4.78, 5) is 9.34. The van der Waals surface area contributed by atoms with Gasteiger partial charge in [0.05, 0.1) is 29.5 Å². The zero-order valence-corrected chi connectivity index (χ0v) is 34.4. The average molecular weight is 711 g/mol. The quantitative estimate of drug-likeness (QED) is 0.147. The van der Waals surface area contributed by atoms with Gasteiger partial charge in [-0.3, -0.25) is 9.98 Å². The highest BCUT2D eigenvalue weighted by molar-refractivity contribution is 7.99. The number of allylic oxidation sites excluding steroid dienone is 4. The van der Waals surface area contributed by atoms with Gasteiger partial charge in [-0.25, -0.2) is 0 Å². The summed E-state index contributed by atoms with van der Waals surface area (Å²) in [6.07, 6.45) is 13.4. The summed E-state index contributed by atoms with van der Waals surface area (Å²) in [6.45, 7) is 23.0. The average Bonchev–Trinajstić information content (AvgIpc) is 3.58. The molecule has 1 aliphatic rings. The molecule has 51 heavy (non-hydrogen) atoms. The predicted octanol–water partition coefficient (Wildman–Crippen LogP) is 12.6. The summed E-state index contributed by atoms with van der Waals surface area (Å²) >= 11 is 1.97. The SMILES string of the molecule is CC.CC=N/C(C)=C(C(=C\CCC)/c1ccc(C#N)cc1)\C(N)=C(/C)CC.CCC(C)C=N/C(=C(\C)CSCC1CCC(C)O1)c1ccccc1. The van der Waals surface area contributed by atoms with Gasteiger partial charge in [0.25, 0.3) is 0 Å².